The van der Waals surface area contributed by atoms with Crippen molar-refractivity contribution in [2.75, 3.05) is 17.3 Å². The van der Waals surface area contributed by atoms with E-state index in [2.05, 4.69) is 5.32 Å². The van der Waals surface area contributed by atoms with Crippen LogP contribution in [0, 0.1) is 10.1 Å². The summed E-state index contributed by atoms with van der Waals surface area (Å²) in [6.07, 6.45) is 0. The molecule has 1 saturated heterocycles. The first-order valence-corrected chi connectivity index (χ1v) is 10.8. The Morgan fingerprint density at radius 1 is 1.03 bits per heavy atom. The summed E-state index contributed by atoms with van der Waals surface area (Å²) in [4.78, 5) is 49.6. The largest absolute Gasteiger partial charge is 0.507 e. The third kappa shape index (κ3) is 4.39. The SMILES string of the molecule is COc1ccccc1C1/C(=C(\O)c2ccc([N+](=O)[O-])cc2)C(=O)C(=O)N1c1ccc(NC(C)=O)cc1. The molecule has 0 bridgehead atoms. The maximum atomic E-state index is 13.3. The van der Waals surface area contributed by atoms with E-state index in [0.29, 0.717) is 22.7 Å². The van der Waals surface area contributed by atoms with Crippen molar-refractivity contribution in [3.63, 3.8) is 0 Å². The average Bonchev–Trinajstić information content (AvgIpc) is 3.13. The number of nitro groups is 1. The van der Waals surface area contributed by atoms with Crippen LogP contribution in [0.2, 0.25) is 0 Å². The van der Waals surface area contributed by atoms with E-state index in [1.165, 1.54) is 43.2 Å². The topological polar surface area (TPSA) is 139 Å². The van der Waals surface area contributed by atoms with Gasteiger partial charge >= 0.3 is 0 Å². The van der Waals surface area contributed by atoms with Crippen molar-refractivity contribution >= 4 is 40.4 Å². The van der Waals surface area contributed by atoms with Crippen LogP contribution >= 0.6 is 0 Å². The van der Waals surface area contributed by atoms with Gasteiger partial charge in [0.2, 0.25) is 5.91 Å². The standard InChI is InChI=1S/C26H21N3O7/c1-15(30)27-17-9-13-18(14-10-17)28-23(20-5-3-4-6-21(20)36-2)22(25(32)26(28)33)24(31)16-7-11-19(12-8-16)29(34)35/h3-14,23,31H,1-2H3,(H,27,30)/b24-22+. The van der Waals surface area contributed by atoms with Gasteiger partial charge in [0.1, 0.15) is 11.5 Å². The van der Waals surface area contributed by atoms with Gasteiger partial charge in [-0.2, -0.15) is 0 Å². The molecule has 0 spiro atoms. The van der Waals surface area contributed by atoms with E-state index < -0.39 is 28.4 Å². The molecule has 10 heteroatoms. The van der Waals surface area contributed by atoms with E-state index >= 15 is 0 Å². The van der Waals surface area contributed by atoms with Gasteiger partial charge in [-0.15, -0.1) is 0 Å². The molecule has 3 aromatic rings. The van der Waals surface area contributed by atoms with Gasteiger partial charge in [-0.3, -0.25) is 29.4 Å². The van der Waals surface area contributed by atoms with E-state index in [1.54, 1.807) is 48.5 Å². The molecule has 4 rings (SSSR count). The second-order valence-corrected chi connectivity index (χ2v) is 7.94. The number of ketones is 1. The number of hydrogen-bond donors (Lipinski definition) is 2. The smallest absolute Gasteiger partial charge is 0.300 e. The fourth-order valence-corrected chi connectivity index (χ4v) is 4.09. The summed E-state index contributed by atoms with van der Waals surface area (Å²) >= 11 is 0. The lowest BCUT2D eigenvalue weighted by Gasteiger charge is -2.26. The fraction of sp³-hybridized carbons (Fsp3) is 0.115. The van der Waals surface area contributed by atoms with Crippen molar-refractivity contribution in [1.82, 2.24) is 0 Å². The van der Waals surface area contributed by atoms with E-state index in [1.807, 2.05) is 0 Å². The Kier molecular flexibility index (Phi) is 6.51. The molecule has 1 unspecified atom stereocenters. The molecule has 36 heavy (non-hydrogen) atoms. The maximum Gasteiger partial charge on any atom is 0.300 e. The molecule has 2 N–H and O–H groups in total. The van der Waals surface area contributed by atoms with Crippen LogP contribution in [0.3, 0.4) is 0 Å². The molecular weight excluding hydrogens is 466 g/mol. The van der Waals surface area contributed by atoms with Gasteiger partial charge in [0.25, 0.3) is 17.4 Å². The Morgan fingerprint density at radius 2 is 1.67 bits per heavy atom. The average molecular weight is 487 g/mol. The highest BCUT2D eigenvalue weighted by Crippen LogP contribution is 2.45. The van der Waals surface area contributed by atoms with Crippen LogP contribution in [0.25, 0.3) is 5.76 Å². The Hall–Kier alpha value is -4.99. The second kappa shape index (κ2) is 9.71. The molecule has 2 amide bonds. The minimum Gasteiger partial charge on any atom is -0.507 e. The van der Waals surface area contributed by atoms with Gasteiger partial charge in [0, 0.05) is 41.6 Å². The van der Waals surface area contributed by atoms with Crippen LogP contribution in [0.5, 0.6) is 5.75 Å². The minimum atomic E-state index is -1.05. The summed E-state index contributed by atoms with van der Waals surface area (Å²) in [5.74, 6) is -2.15. The highest BCUT2D eigenvalue weighted by atomic mass is 16.6. The van der Waals surface area contributed by atoms with Gasteiger partial charge in [-0.1, -0.05) is 18.2 Å². The number of nitrogens with zero attached hydrogens (tertiary/aromatic N) is 2. The predicted octanol–water partition coefficient (Wildman–Crippen LogP) is 4.19. The van der Waals surface area contributed by atoms with Gasteiger partial charge in [-0.05, 0) is 42.5 Å². The summed E-state index contributed by atoms with van der Waals surface area (Å²) in [6.45, 7) is 1.37. The first kappa shape index (κ1) is 24.1. The summed E-state index contributed by atoms with van der Waals surface area (Å²) < 4.78 is 5.48. The second-order valence-electron chi connectivity index (χ2n) is 7.94. The lowest BCUT2D eigenvalue weighted by atomic mass is 9.94. The van der Waals surface area contributed by atoms with Crippen LogP contribution < -0.4 is 15.0 Å². The Labute approximate surface area is 205 Å². The van der Waals surface area contributed by atoms with Crippen molar-refractivity contribution in [2.45, 2.75) is 13.0 Å². The number of para-hydroxylation sites is 1. The molecular formula is C26H21N3O7. The first-order valence-electron chi connectivity index (χ1n) is 10.8. The van der Waals surface area contributed by atoms with Crippen molar-refractivity contribution in [2.24, 2.45) is 0 Å². The van der Waals surface area contributed by atoms with Crippen LogP contribution in [0.4, 0.5) is 17.1 Å². The number of ether oxygens (including phenoxy) is 1. The van der Waals surface area contributed by atoms with Crippen molar-refractivity contribution < 1.29 is 29.2 Å². The van der Waals surface area contributed by atoms with Crippen molar-refractivity contribution in [1.29, 1.82) is 0 Å². The van der Waals surface area contributed by atoms with Crippen LogP contribution in [-0.2, 0) is 14.4 Å². The summed E-state index contributed by atoms with van der Waals surface area (Å²) in [5, 5.41) is 24.8. The molecule has 1 heterocycles. The third-order valence-electron chi connectivity index (χ3n) is 5.70. The third-order valence-corrected chi connectivity index (χ3v) is 5.70. The minimum absolute atomic E-state index is 0.138. The number of methoxy groups -OCH3 is 1. The zero-order chi connectivity index (χ0) is 26.0. The fourth-order valence-electron chi connectivity index (χ4n) is 4.09. The van der Waals surface area contributed by atoms with Crippen LogP contribution in [-0.4, -0.2) is 34.7 Å². The van der Waals surface area contributed by atoms with Crippen molar-refractivity contribution in [3.05, 3.63) is 99.6 Å². The molecule has 0 saturated carbocycles. The zero-order valence-electron chi connectivity index (χ0n) is 19.3. The van der Waals surface area contributed by atoms with Crippen molar-refractivity contribution in [3.8, 4) is 5.75 Å². The quantitative estimate of drug-likeness (QED) is 0.175. The van der Waals surface area contributed by atoms with Crippen LogP contribution in [0.15, 0.2) is 78.4 Å². The summed E-state index contributed by atoms with van der Waals surface area (Å²) in [5.41, 5.74) is 1.07. The number of nitrogens with one attached hydrogen (secondary N) is 1. The lowest BCUT2D eigenvalue weighted by Crippen LogP contribution is -2.29. The van der Waals surface area contributed by atoms with Gasteiger partial charge in [-0.25, -0.2) is 0 Å². The number of aliphatic hydroxyl groups is 1. The lowest BCUT2D eigenvalue weighted by molar-refractivity contribution is -0.384. The normalized spacial score (nSPS) is 16.6. The number of nitro benzene ring substituents is 1. The molecule has 0 aromatic heterocycles. The number of carbonyl (C=O) groups excluding carboxylic acids is 3. The first-order chi connectivity index (χ1) is 17.2. The van der Waals surface area contributed by atoms with E-state index in [9.17, 15) is 29.6 Å². The van der Waals surface area contributed by atoms with Gasteiger partial charge in [0.05, 0.1) is 23.6 Å². The number of benzene rings is 3. The molecule has 0 radical (unpaired) electrons. The number of hydrogen-bond acceptors (Lipinski definition) is 7. The number of non-ortho nitro benzene ring substituents is 1. The number of rotatable bonds is 6. The molecule has 3 aromatic carbocycles. The van der Waals surface area contributed by atoms with E-state index in [-0.39, 0.29) is 22.7 Å². The number of aliphatic hydroxyl groups excluding tert-OH is 1. The molecule has 1 atom stereocenters. The Bertz CT molecular complexity index is 1400. The number of Topliss-reactive ketones (excluding diaryl/α,β-unsaturated/α-hetero) is 1. The predicted molar refractivity (Wildman–Crippen MR) is 132 cm³/mol. The summed E-state index contributed by atoms with van der Waals surface area (Å²) in [6, 6.07) is 17.1. The number of carbonyl (C=O) groups is 3. The summed E-state index contributed by atoms with van der Waals surface area (Å²) in [7, 11) is 1.45. The highest BCUT2D eigenvalue weighted by Gasteiger charge is 2.47. The Morgan fingerprint density at radius 3 is 2.25 bits per heavy atom. The maximum absolute atomic E-state index is 13.3. The molecule has 182 valence electrons. The molecule has 10 nitrogen and oxygen atoms in total. The van der Waals surface area contributed by atoms with Crippen LogP contribution in [0.1, 0.15) is 24.1 Å². The molecule has 1 aliphatic heterocycles. The van der Waals surface area contributed by atoms with Gasteiger partial charge in [0.15, 0.2) is 0 Å². The van der Waals surface area contributed by atoms with E-state index in [4.69, 9.17) is 4.74 Å². The number of anilines is 2. The Balaban J connectivity index is 1.90. The number of amides is 2. The zero-order valence-corrected chi connectivity index (χ0v) is 19.3. The molecule has 1 fully saturated rings. The molecule has 1 aliphatic rings. The van der Waals surface area contributed by atoms with Gasteiger partial charge < -0.3 is 15.2 Å². The monoisotopic (exact) mass is 487 g/mol. The van der Waals surface area contributed by atoms with E-state index in [0.717, 1.165) is 0 Å². The highest BCUT2D eigenvalue weighted by molar-refractivity contribution is 6.51. The molecule has 0 aliphatic carbocycles.